The quantitative estimate of drug-likeness (QED) is 0.343. The Morgan fingerprint density at radius 1 is 1.36 bits per heavy atom. The van der Waals surface area contributed by atoms with E-state index < -0.39 is 5.97 Å². The maximum absolute atomic E-state index is 10.6. The first-order valence-electron chi connectivity index (χ1n) is 5.00. The maximum atomic E-state index is 10.6. The molecule has 0 spiro atoms. The third-order valence-electron chi connectivity index (χ3n) is 2.02. The molecule has 0 heterocycles. The summed E-state index contributed by atoms with van der Waals surface area (Å²) in [7, 11) is 0. The Bertz CT molecular complexity index is 139. The minimum atomic E-state index is -0.918. The van der Waals surface area contributed by atoms with Crippen molar-refractivity contribution in [3.63, 3.8) is 0 Å². The van der Waals surface area contributed by atoms with Crippen LogP contribution in [0.2, 0.25) is 0 Å². The van der Waals surface area contributed by atoms with E-state index in [-0.39, 0.29) is 35.5 Å². The molecule has 0 rings (SSSR count). The fraction of sp³-hybridized carbons (Fsp3) is 0.900. The largest absolute Gasteiger partial charge is 1.00 e. The molecule has 0 saturated carbocycles. The Hall–Kier alpha value is 0.430. The molecule has 14 heavy (non-hydrogen) atoms. The van der Waals surface area contributed by atoms with Gasteiger partial charge in [-0.05, 0) is 32.1 Å². The SMILES string of the molecule is CCCC(CCCOCC)C(=O)[O-].[Na+]. The Labute approximate surface area is 109 Å². The van der Waals surface area contributed by atoms with Crippen LogP contribution in [0.4, 0.5) is 0 Å². The zero-order valence-electron chi connectivity index (χ0n) is 9.54. The molecule has 0 fully saturated rings. The molecule has 0 N–H and O–H groups in total. The van der Waals surface area contributed by atoms with Crippen LogP contribution in [0.3, 0.4) is 0 Å². The van der Waals surface area contributed by atoms with E-state index in [4.69, 9.17) is 4.74 Å². The third kappa shape index (κ3) is 9.00. The van der Waals surface area contributed by atoms with Crippen molar-refractivity contribution in [3.8, 4) is 0 Å². The van der Waals surface area contributed by atoms with E-state index in [0.717, 1.165) is 12.8 Å². The zero-order valence-corrected chi connectivity index (χ0v) is 11.5. The molecule has 0 bridgehead atoms. The van der Waals surface area contributed by atoms with Crippen LogP contribution in [0.15, 0.2) is 0 Å². The smallest absolute Gasteiger partial charge is 0.550 e. The van der Waals surface area contributed by atoms with Crippen LogP contribution in [0, 0.1) is 5.92 Å². The van der Waals surface area contributed by atoms with Gasteiger partial charge in [0.05, 0.1) is 0 Å². The number of carboxylic acid groups (broad SMARTS) is 1. The van der Waals surface area contributed by atoms with Gasteiger partial charge in [0.2, 0.25) is 0 Å². The van der Waals surface area contributed by atoms with Gasteiger partial charge in [0.15, 0.2) is 0 Å². The van der Waals surface area contributed by atoms with Gasteiger partial charge in [-0.15, -0.1) is 0 Å². The Kier molecular flexibility index (Phi) is 13.8. The van der Waals surface area contributed by atoms with Crippen LogP contribution in [0.1, 0.15) is 39.5 Å². The van der Waals surface area contributed by atoms with Crippen molar-refractivity contribution in [2.24, 2.45) is 5.92 Å². The monoisotopic (exact) mass is 210 g/mol. The molecule has 4 heteroatoms. The molecule has 1 unspecified atom stereocenters. The first-order valence-corrected chi connectivity index (χ1v) is 5.00. The summed E-state index contributed by atoms with van der Waals surface area (Å²) in [5.41, 5.74) is 0. The van der Waals surface area contributed by atoms with E-state index in [1.165, 1.54) is 0 Å². The topological polar surface area (TPSA) is 49.4 Å². The summed E-state index contributed by atoms with van der Waals surface area (Å²) in [4.78, 5) is 10.6. The van der Waals surface area contributed by atoms with E-state index in [0.29, 0.717) is 26.1 Å². The molecule has 0 aliphatic rings. The van der Waals surface area contributed by atoms with Gasteiger partial charge in [-0.1, -0.05) is 13.3 Å². The van der Waals surface area contributed by atoms with Crippen molar-refractivity contribution in [2.45, 2.75) is 39.5 Å². The third-order valence-corrected chi connectivity index (χ3v) is 2.02. The first kappa shape index (κ1) is 16.8. The van der Waals surface area contributed by atoms with Gasteiger partial charge in [-0.2, -0.15) is 0 Å². The molecule has 0 saturated heterocycles. The summed E-state index contributed by atoms with van der Waals surface area (Å²) in [6.07, 6.45) is 3.10. The van der Waals surface area contributed by atoms with E-state index >= 15 is 0 Å². The van der Waals surface area contributed by atoms with E-state index in [2.05, 4.69) is 0 Å². The average Bonchev–Trinajstić information content (AvgIpc) is 2.10. The van der Waals surface area contributed by atoms with Crippen LogP contribution in [0.5, 0.6) is 0 Å². The van der Waals surface area contributed by atoms with Gasteiger partial charge in [-0.25, -0.2) is 0 Å². The van der Waals surface area contributed by atoms with Crippen molar-refractivity contribution in [3.05, 3.63) is 0 Å². The van der Waals surface area contributed by atoms with Crippen molar-refractivity contribution in [2.75, 3.05) is 13.2 Å². The summed E-state index contributed by atoms with van der Waals surface area (Å²) < 4.78 is 5.13. The molecule has 78 valence electrons. The molecule has 0 aromatic rings. The number of hydrogen-bond donors (Lipinski definition) is 0. The summed E-state index contributed by atoms with van der Waals surface area (Å²) in [5.74, 6) is -1.20. The molecule has 0 amide bonds. The van der Waals surface area contributed by atoms with Crippen LogP contribution >= 0.6 is 0 Å². The summed E-state index contributed by atoms with van der Waals surface area (Å²) in [6, 6.07) is 0. The van der Waals surface area contributed by atoms with Crippen molar-refractivity contribution < 1.29 is 44.2 Å². The molecule has 0 aliphatic carbocycles. The predicted molar refractivity (Wildman–Crippen MR) is 49.1 cm³/mol. The van der Waals surface area contributed by atoms with Crippen LogP contribution in [-0.4, -0.2) is 19.2 Å². The van der Waals surface area contributed by atoms with Gasteiger partial charge in [-0.3, -0.25) is 0 Å². The van der Waals surface area contributed by atoms with Gasteiger partial charge >= 0.3 is 29.6 Å². The Morgan fingerprint density at radius 3 is 2.43 bits per heavy atom. The number of rotatable bonds is 8. The second kappa shape index (κ2) is 11.5. The van der Waals surface area contributed by atoms with Gasteiger partial charge in [0.1, 0.15) is 0 Å². The van der Waals surface area contributed by atoms with Crippen LogP contribution < -0.4 is 34.7 Å². The standard InChI is InChI=1S/C10H20O3.Na/c1-3-6-9(10(11)12)7-5-8-13-4-2;/h9H,3-8H2,1-2H3,(H,11,12);/q;+1/p-1. The fourth-order valence-corrected chi connectivity index (χ4v) is 1.30. The Morgan fingerprint density at radius 2 is 2.00 bits per heavy atom. The van der Waals surface area contributed by atoms with Gasteiger partial charge in [0.25, 0.3) is 0 Å². The molecule has 0 aromatic heterocycles. The number of carbonyl (C=O) groups is 1. The first-order chi connectivity index (χ1) is 6.22. The maximum Gasteiger partial charge on any atom is 1.00 e. The van der Waals surface area contributed by atoms with Gasteiger partial charge < -0.3 is 14.6 Å². The molecule has 0 aromatic carbocycles. The number of aliphatic carboxylic acids is 1. The second-order valence-corrected chi connectivity index (χ2v) is 3.14. The second-order valence-electron chi connectivity index (χ2n) is 3.14. The van der Waals surface area contributed by atoms with Crippen molar-refractivity contribution in [1.82, 2.24) is 0 Å². The molecule has 0 radical (unpaired) electrons. The number of carboxylic acids is 1. The summed E-state index contributed by atoms with van der Waals surface area (Å²) in [6.45, 7) is 5.27. The molecule has 0 aliphatic heterocycles. The Balaban J connectivity index is 0. The molecular weight excluding hydrogens is 191 g/mol. The molecule has 3 nitrogen and oxygen atoms in total. The number of carbonyl (C=O) groups excluding carboxylic acids is 1. The molecule has 1 atom stereocenters. The predicted octanol–water partition coefficient (Wildman–Crippen LogP) is -2.03. The minimum absolute atomic E-state index is 0. The van der Waals surface area contributed by atoms with Crippen LogP contribution in [-0.2, 0) is 9.53 Å². The van der Waals surface area contributed by atoms with E-state index in [9.17, 15) is 9.90 Å². The number of ether oxygens (including phenoxy) is 1. The minimum Gasteiger partial charge on any atom is -0.550 e. The van der Waals surface area contributed by atoms with Crippen molar-refractivity contribution in [1.29, 1.82) is 0 Å². The normalized spacial score (nSPS) is 11.9. The number of hydrogen-bond acceptors (Lipinski definition) is 3. The fourth-order valence-electron chi connectivity index (χ4n) is 1.30. The van der Waals surface area contributed by atoms with E-state index in [1.807, 2.05) is 13.8 Å². The van der Waals surface area contributed by atoms with E-state index in [1.54, 1.807) is 0 Å². The zero-order chi connectivity index (χ0) is 10.1. The van der Waals surface area contributed by atoms with Crippen LogP contribution in [0.25, 0.3) is 0 Å². The summed E-state index contributed by atoms with van der Waals surface area (Å²) in [5, 5.41) is 10.6. The van der Waals surface area contributed by atoms with Crippen molar-refractivity contribution >= 4 is 5.97 Å². The van der Waals surface area contributed by atoms with Gasteiger partial charge in [0, 0.05) is 19.2 Å². The molecular formula is C10H19NaO3. The summed E-state index contributed by atoms with van der Waals surface area (Å²) >= 11 is 0. The average molecular weight is 210 g/mol.